The summed E-state index contributed by atoms with van der Waals surface area (Å²) in [4.78, 5) is 3.95. The fraction of sp³-hybridized carbons (Fsp3) is 0.182. The lowest BCUT2D eigenvalue weighted by molar-refractivity contribution is 0.438. The predicted molar refractivity (Wildman–Crippen MR) is 57.0 cm³/mol. The second kappa shape index (κ2) is 4.03. The van der Waals surface area contributed by atoms with Crippen LogP contribution in [0.25, 0.3) is 0 Å². The van der Waals surface area contributed by atoms with Crippen LogP contribution in [0, 0.1) is 18.3 Å². The fourth-order valence-electron chi connectivity index (χ4n) is 1.30. The molecule has 2 rings (SSSR count). The molecule has 5 nitrogen and oxygen atoms in total. The molecule has 0 unspecified atom stereocenters. The molecule has 0 aliphatic rings. The van der Waals surface area contributed by atoms with Crippen LogP contribution >= 0.6 is 0 Å². The van der Waals surface area contributed by atoms with E-state index in [9.17, 15) is 0 Å². The van der Waals surface area contributed by atoms with Crippen LogP contribution in [0.4, 0.5) is 0 Å². The quantitative estimate of drug-likeness (QED) is 0.764. The molecule has 0 aliphatic carbocycles. The zero-order chi connectivity index (χ0) is 11.5. The molecule has 2 aromatic rings. The average molecular weight is 214 g/mol. The van der Waals surface area contributed by atoms with Crippen molar-refractivity contribution in [2.75, 3.05) is 0 Å². The number of nitrogens with zero attached hydrogens (tertiary/aromatic N) is 4. The zero-order valence-electron chi connectivity index (χ0n) is 9.01. The Bertz CT molecular complexity index is 553. The molecule has 1 aromatic carbocycles. The van der Waals surface area contributed by atoms with Crippen molar-refractivity contribution in [1.82, 2.24) is 14.8 Å². The number of hydrogen-bond donors (Lipinski definition) is 0. The Morgan fingerprint density at radius 3 is 2.81 bits per heavy atom. The van der Waals surface area contributed by atoms with E-state index in [2.05, 4.69) is 16.2 Å². The lowest BCUT2D eigenvalue weighted by Gasteiger charge is -2.02. The van der Waals surface area contributed by atoms with Crippen molar-refractivity contribution < 1.29 is 4.74 Å². The van der Waals surface area contributed by atoms with Crippen molar-refractivity contribution in [3.8, 4) is 17.8 Å². The molecular weight excluding hydrogens is 204 g/mol. The molecular formula is C11H10N4O. The van der Waals surface area contributed by atoms with Gasteiger partial charge in [-0.2, -0.15) is 10.2 Å². The molecule has 0 spiro atoms. The van der Waals surface area contributed by atoms with E-state index in [4.69, 9.17) is 10.00 Å². The van der Waals surface area contributed by atoms with Crippen LogP contribution in [0.2, 0.25) is 0 Å². The van der Waals surface area contributed by atoms with Gasteiger partial charge in [0.2, 0.25) is 0 Å². The van der Waals surface area contributed by atoms with Crippen LogP contribution in [0.15, 0.2) is 24.5 Å². The SMILES string of the molecule is Cc1cc(Oc2ncn(C)n2)ccc1C#N. The summed E-state index contributed by atoms with van der Waals surface area (Å²) in [6, 6.07) is 7.62. The largest absolute Gasteiger partial charge is 0.423 e. The van der Waals surface area contributed by atoms with Crippen LogP contribution in [-0.4, -0.2) is 14.8 Å². The highest BCUT2D eigenvalue weighted by molar-refractivity contribution is 5.42. The van der Waals surface area contributed by atoms with Gasteiger partial charge in [-0.1, -0.05) is 0 Å². The molecule has 5 heteroatoms. The number of hydrogen-bond acceptors (Lipinski definition) is 4. The highest BCUT2D eigenvalue weighted by Crippen LogP contribution is 2.20. The van der Waals surface area contributed by atoms with Gasteiger partial charge in [-0.15, -0.1) is 5.10 Å². The van der Waals surface area contributed by atoms with Gasteiger partial charge >= 0.3 is 6.01 Å². The van der Waals surface area contributed by atoms with E-state index in [1.165, 1.54) is 0 Å². The van der Waals surface area contributed by atoms with Gasteiger partial charge in [-0.25, -0.2) is 0 Å². The van der Waals surface area contributed by atoms with Crippen LogP contribution < -0.4 is 4.74 Å². The summed E-state index contributed by atoms with van der Waals surface area (Å²) in [7, 11) is 1.77. The third-order valence-corrected chi connectivity index (χ3v) is 2.11. The van der Waals surface area contributed by atoms with Gasteiger partial charge < -0.3 is 4.74 Å². The van der Waals surface area contributed by atoms with Gasteiger partial charge in [0.05, 0.1) is 11.6 Å². The Morgan fingerprint density at radius 2 is 2.25 bits per heavy atom. The lowest BCUT2D eigenvalue weighted by atomic mass is 10.1. The lowest BCUT2D eigenvalue weighted by Crippen LogP contribution is -1.91. The molecule has 0 atom stereocenters. The van der Waals surface area contributed by atoms with Crippen molar-refractivity contribution in [2.24, 2.45) is 7.05 Å². The zero-order valence-corrected chi connectivity index (χ0v) is 9.01. The second-order valence-corrected chi connectivity index (χ2v) is 3.39. The minimum Gasteiger partial charge on any atom is -0.423 e. The van der Waals surface area contributed by atoms with Crippen LogP contribution in [0.5, 0.6) is 11.8 Å². The molecule has 0 radical (unpaired) electrons. The highest BCUT2D eigenvalue weighted by atomic mass is 16.5. The number of nitriles is 1. The van der Waals surface area contributed by atoms with Gasteiger partial charge in [0.15, 0.2) is 0 Å². The van der Waals surface area contributed by atoms with Crippen LogP contribution in [0.1, 0.15) is 11.1 Å². The molecule has 0 N–H and O–H groups in total. The molecule has 0 fully saturated rings. The molecule has 80 valence electrons. The molecule has 0 aliphatic heterocycles. The summed E-state index contributed by atoms with van der Waals surface area (Å²) >= 11 is 0. The summed E-state index contributed by atoms with van der Waals surface area (Å²) in [5.74, 6) is 0.628. The normalized spacial score (nSPS) is 9.81. The summed E-state index contributed by atoms with van der Waals surface area (Å²) < 4.78 is 6.99. The minimum absolute atomic E-state index is 0.298. The smallest absolute Gasteiger partial charge is 0.340 e. The molecule has 0 amide bonds. The standard InChI is InChI=1S/C11H10N4O/c1-8-5-10(4-3-9(8)6-12)16-11-13-7-15(2)14-11/h3-5,7H,1-2H3. The van der Waals surface area contributed by atoms with E-state index in [-0.39, 0.29) is 0 Å². The Morgan fingerprint density at radius 1 is 1.44 bits per heavy atom. The van der Waals surface area contributed by atoms with E-state index in [1.807, 2.05) is 6.92 Å². The Hall–Kier alpha value is -2.35. The van der Waals surface area contributed by atoms with Crippen LogP contribution in [-0.2, 0) is 7.05 Å². The van der Waals surface area contributed by atoms with E-state index in [0.717, 1.165) is 5.56 Å². The average Bonchev–Trinajstić information content (AvgIpc) is 2.64. The minimum atomic E-state index is 0.298. The fourth-order valence-corrected chi connectivity index (χ4v) is 1.30. The van der Waals surface area contributed by atoms with Crippen molar-refractivity contribution in [1.29, 1.82) is 5.26 Å². The van der Waals surface area contributed by atoms with E-state index in [1.54, 1.807) is 36.3 Å². The molecule has 0 saturated heterocycles. The maximum atomic E-state index is 8.78. The number of rotatable bonds is 2. The first kappa shape index (κ1) is 10.2. The maximum absolute atomic E-state index is 8.78. The van der Waals surface area contributed by atoms with Gasteiger partial charge in [-0.05, 0) is 30.7 Å². The summed E-state index contributed by atoms with van der Waals surface area (Å²) in [5, 5.41) is 12.8. The first-order valence-corrected chi connectivity index (χ1v) is 4.73. The summed E-state index contributed by atoms with van der Waals surface area (Å²) in [5.41, 5.74) is 1.51. The van der Waals surface area contributed by atoms with Crippen molar-refractivity contribution >= 4 is 0 Å². The summed E-state index contributed by atoms with van der Waals surface area (Å²) in [6.07, 6.45) is 1.56. The molecule has 1 aromatic heterocycles. The van der Waals surface area contributed by atoms with Gasteiger partial charge in [0.1, 0.15) is 12.1 Å². The third kappa shape index (κ3) is 2.01. The van der Waals surface area contributed by atoms with Gasteiger partial charge in [0, 0.05) is 7.05 Å². The monoisotopic (exact) mass is 214 g/mol. The van der Waals surface area contributed by atoms with E-state index < -0.39 is 0 Å². The van der Waals surface area contributed by atoms with Gasteiger partial charge in [0.25, 0.3) is 0 Å². The second-order valence-electron chi connectivity index (χ2n) is 3.39. The number of ether oxygens (including phenoxy) is 1. The van der Waals surface area contributed by atoms with Gasteiger partial charge in [-0.3, -0.25) is 4.68 Å². The molecule has 16 heavy (non-hydrogen) atoms. The van der Waals surface area contributed by atoms with Crippen molar-refractivity contribution in [3.63, 3.8) is 0 Å². The molecule has 1 heterocycles. The van der Waals surface area contributed by atoms with Crippen LogP contribution in [0.3, 0.4) is 0 Å². The van der Waals surface area contributed by atoms with E-state index in [0.29, 0.717) is 17.3 Å². The first-order chi connectivity index (χ1) is 7.69. The Labute approximate surface area is 92.9 Å². The first-order valence-electron chi connectivity index (χ1n) is 4.73. The third-order valence-electron chi connectivity index (χ3n) is 2.11. The van der Waals surface area contributed by atoms with E-state index >= 15 is 0 Å². The molecule has 0 saturated carbocycles. The number of benzene rings is 1. The molecule has 0 bridgehead atoms. The van der Waals surface area contributed by atoms with Crippen molar-refractivity contribution in [3.05, 3.63) is 35.7 Å². The van der Waals surface area contributed by atoms with Crippen molar-refractivity contribution in [2.45, 2.75) is 6.92 Å². The topological polar surface area (TPSA) is 63.7 Å². The maximum Gasteiger partial charge on any atom is 0.340 e. The number of aryl methyl sites for hydroxylation is 2. The Balaban J connectivity index is 2.23. The summed E-state index contributed by atoms with van der Waals surface area (Å²) in [6.45, 7) is 1.86. The Kier molecular flexibility index (Phi) is 2.56. The predicted octanol–water partition coefficient (Wildman–Crippen LogP) is 1.79. The number of aromatic nitrogens is 3. The highest BCUT2D eigenvalue weighted by Gasteiger charge is 2.04.